The number of nitrogens with one attached hydrogen (secondary N) is 1. The Morgan fingerprint density at radius 3 is 2.38 bits per heavy atom. The lowest BCUT2D eigenvalue weighted by Crippen LogP contribution is -2.18. The van der Waals surface area contributed by atoms with Gasteiger partial charge < -0.3 is 9.84 Å². The summed E-state index contributed by atoms with van der Waals surface area (Å²) in [4.78, 5) is 10.2. The van der Waals surface area contributed by atoms with Gasteiger partial charge in [-0.05, 0) is 24.7 Å². The average Bonchev–Trinajstić information content (AvgIpc) is 2.27. The zero-order valence-corrected chi connectivity index (χ0v) is 9.32. The standard InChI is InChI=1S/C9H11NO5S/c1-10-16(13,14)8-4-2-7(3-5-8)6-15-9(11)12/h2-5,10H,6H2,1H3,(H,11,12). The molecule has 88 valence electrons. The largest absolute Gasteiger partial charge is 0.506 e. The van der Waals surface area contributed by atoms with Crippen LogP contribution in [0.5, 0.6) is 0 Å². The first-order valence-corrected chi connectivity index (χ1v) is 5.82. The van der Waals surface area contributed by atoms with Gasteiger partial charge in [0.25, 0.3) is 0 Å². The molecule has 1 aromatic rings. The molecular weight excluding hydrogens is 234 g/mol. The highest BCUT2D eigenvalue weighted by atomic mass is 32.2. The third kappa shape index (κ3) is 3.21. The first-order valence-electron chi connectivity index (χ1n) is 4.34. The molecule has 0 aliphatic carbocycles. The summed E-state index contributed by atoms with van der Waals surface area (Å²) >= 11 is 0. The summed E-state index contributed by atoms with van der Waals surface area (Å²) < 4.78 is 29.2. The lowest BCUT2D eigenvalue weighted by molar-refractivity contribution is 0.0853. The molecule has 0 spiro atoms. The van der Waals surface area contributed by atoms with E-state index in [0.717, 1.165) is 0 Å². The summed E-state index contributed by atoms with van der Waals surface area (Å²) in [6.07, 6.45) is -1.37. The molecule has 0 heterocycles. The van der Waals surface area contributed by atoms with E-state index in [1.54, 1.807) is 0 Å². The molecular formula is C9H11NO5S. The first kappa shape index (κ1) is 12.5. The van der Waals surface area contributed by atoms with Crippen molar-refractivity contribution in [2.75, 3.05) is 7.05 Å². The molecule has 7 heteroatoms. The number of rotatable bonds is 4. The number of benzene rings is 1. The Balaban J connectivity index is 2.80. The van der Waals surface area contributed by atoms with Crippen molar-refractivity contribution in [1.82, 2.24) is 4.72 Å². The van der Waals surface area contributed by atoms with Crippen LogP contribution in [-0.2, 0) is 21.4 Å². The van der Waals surface area contributed by atoms with Crippen molar-refractivity contribution in [2.24, 2.45) is 0 Å². The van der Waals surface area contributed by atoms with Gasteiger partial charge in [0.2, 0.25) is 10.0 Å². The van der Waals surface area contributed by atoms with Gasteiger partial charge in [-0.1, -0.05) is 12.1 Å². The molecule has 0 saturated carbocycles. The molecule has 1 aromatic carbocycles. The zero-order chi connectivity index (χ0) is 12.2. The van der Waals surface area contributed by atoms with E-state index in [0.29, 0.717) is 5.56 Å². The Hall–Kier alpha value is -1.60. The summed E-state index contributed by atoms with van der Waals surface area (Å²) in [5.41, 5.74) is 0.581. The molecule has 0 unspecified atom stereocenters. The molecule has 0 saturated heterocycles. The van der Waals surface area contributed by atoms with Crippen LogP contribution in [0.4, 0.5) is 4.79 Å². The number of ether oxygens (including phenoxy) is 1. The van der Waals surface area contributed by atoms with Crippen LogP contribution in [-0.4, -0.2) is 26.7 Å². The summed E-state index contributed by atoms with van der Waals surface area (Å²) in [6.45, 7) is -0.102. The number of carboxylic acid groups (broad SMARTS) is 1. The summed E-state index contributed by atoms with van der Waals surface area (Å²) in [6, 6.07) is 5.75. The van der Waals surface area contributed by atoms with Crippen LogP contribution < -0.4 is 4.72 Å². The van der Waals surface area contributed by atoms with Crippen molar-refractivity contribution < 1.29 is 23.1 Å². The molecule has 16 heavy (non-hydrogen) atoms. The van der Waals surface area contributed by atoms with E-state index in [4.69, 9.17) is 5.11 Å². The van der Waals surface area contributed by atoms with E-state index in [-0.39, 0.29) is 11.5 Å². The maximum absolute atomic E-state index is 11.3. The molecule has 1 rings (SSSR count). The topological polar surface area (TPSA) is 92.7 Å². The minimum Gasteiger partial charge on any atom is -0.450 e. The molecule has 0 atom stereocenters. The van der Waals surface area contributed by atoms with E-state index in [1.807, 2.05) is 0 Å². The molecule has 2 N–H and O–H groups in total. The summed E-state index contributed by atoms with van der Waals surface area (Å²) in [5, 5.41) is 8.27. The average molecular weight is 245 g/mol. The SMILES string of the molecule is CNS(=O)(=O)c1ccc(COC(=O)O)cc1. The molecule has 0 aliphatic rings. The number of sulfonamides is 1. The Bertz CT molecular complexity index is 465. The van der Waals surface area contributed by atoms with Gasteiger partial charge in [0.15, 0.2) is 0 Å². The highest BCUT2D eigenvalue weighted by molar-refractivity contribution is 7.89. The maximum Gasteiger partial charge on any atom is 0.506 e. The van der Waals surface area contributed by atoms with Gasteiger partial charge >= 0.3 is 6.16 Å². The van der Waals surface area contributed by atoms with E-state index < -0.39 is 16.2 Å². The van der Waals surface area contributed by atoms with Gasteiger partial charge in [-0.2, -0.15) is 0 Å². The monoisotopic (exact) mass is 245 g/mol. The van der Waals surface area contributed by atoms with Crippen molar-refractivity contribution >= 4 is 16.2 Å². The van der Waals surface area contributed by atoms with Gasteiger partial charge in [-0.15, -0.1) is 0 Å². The van der Waals surface area contributed by atoms with Gasteiger partial charge in [-0.25, -0.2) is 17.9 Å². The Kier molecular flexibility index (Phi) is 3.86. The Labute approximate surface area is 92.9 Å². The fourth-order valence-corrected chi connectivity index (χ4v) is 1.76. The van der Waals surface area contributed by atoms with Crippen molar-refractivity contribution in [3.8, 4) is 0 Å². The Morgan fingerprint density at radius 1 is 1.38 bits per heavy atom. The zero-order valence-electron chi connectivity index (χ0n) is 8.50. The predicted octanol–water partition coefficient (Wildman–Crippen LogP) is 0.789. The second kappa shape index (κ2) is 4.95. The molecule has 0 bridgehead atoms. The lowest BCUT2D eigenvalue weighted by Gasteiger charge is -2.04. The minimum absolute atomic E-state index is 0.102. The number of hydrogen-bond acceptors (Lipinski definition) is 4. The summed E-state index contributed by atoms with van der Waals surface area (Å²) in [5.74, 6) is 0. The van der Waals surface area contributed by atoms with Crippen molar-refractivity contribution in [1.29, 1.82) is 0 Å². The lowest BCUT2D eigenvalue weighted by atomic mass is 10.2. The molecule has 0 radical (unpaired) electrons. The van der Waals surface area contributed by atoms with Gasteiger partial charge in [0.1, 0.15) is 6.61 Å². The number of carbonyl (C=O) groups is 1. The van der Waals surface area contributed by atoms with Crippen LogP contribution in [0, 0.1) is 0 Å². The maximum atomic E-state index is 11.3. The highest BCUT2D eigenvalue weighted by Crippen LogP contribution is 2.10. The fraction of sp³-hybridized carbons (Fsp3) is 0.222. The van der Waals surface area contributed by atoms with Crippen LogP contribution in [0.3, 0.4) is 0 Å². The van der Waals surface area contributed by atoms with Crippen molar-refractivity contribution in [3.63, 3.8) is 0 Å². The molecule has 0 fully saturated rings. The van der Waals surface area contributed by atoms with Crippen molar-refractivity contribution in [3.05, 3.63) is 29.8 Å². The highest BCUT2D eigenvalue weighted by Gasteiger charge is 2.10. The normalized spacial score (nSPS) is 11.1. The molecule has 0 aromatic heterocycles. The molecule has 0 amide bonds. The van der Waals surface area contributed by atoms with Crippen LogP contribution >= 0.6 is 0 Å². The smallest absolute Gasteiger partial charge is 0.450 e. The van der Waals surface area contributed by atoms with Crippen LogP contribution in [0.1, 0.15) is 5.56 Å². The molecule has 0 aliphatic heterocycles. The second-order valence-corrected chi connectivity index (χ2v) is 4.79. The van der Waals surface area contributed by atoms with E-state index in [9.17, 15) is 13.2 Å². The van der Waals surface area contributed by atoms with Crippen LogP contribution in [0.25, 0.3) is 0 Å². The first-order chi connectivity index (χ1) is 7.45. The van der Waals surface area contributed by atoms with Crippen LogP contribution in [0.2, 0.25) is 0 Å². The van der Waals surface area contributed by atoms with Gasteiger partial charge in [-0.3, -0.25) is 0 Å². The van der Waals surface area contributed by atoms with E-state index in [2.05, 4.69) is 9.46 Å². The fourth-order valence-electron chi connectivity index (χ4n) is 1.03. The Morgan fingerprint density at radius 2 is 1.94 bits per heavy atom. The number of hydrogen-bond donors (Lipinski definition) is 2. The minimum atomic E-state index is -3.45. The van der Waals surface area contributed by atoms with E-state index >= 15 is 0 Å². The predicted molar refractivity (Wildman–Crippen MR) is 55.5 cm³/mol. The third-order valence-corrected chi connectivity index (χ3v) is 3.29. The van der Waals surface area contributed by atoms with Gasteiger partial charge in [0.05, 0.1) is 4.90 Å². The van der Waals surface area contributed by atoms with Gasteiger partial charge in [0, 0.05) is 0 Å². The second-order valence-electron chi connectivity index (χ2n) is 2.91. The van der Waals surface area contributed by atoms with Crippen LogP contribution in [0.15, 0.2) is 29.2 Å². The third-order valence-electron chi connectivity index (χ3n) is 1.86. The quantitative estimate of drug-likeness (QED) is 0.765. The van der Waals surface area contributed by atoms with Crippen molar-refractivity contribution in [2.45, 2.75) is 11.5 Å². The van der Waals surface area contributed by atoms with E-state index in [1.165, 1.54) is 31.3 Å². The molecule has 6 nitrogen and oxygen atoms in total. The summed E-state index contributed by atoms with van der Waals surface area (Å²) in [7, 11) is -2.14.